The molecule has 0 N–H and O–H groups in total. The predicted molar refractivity (Wildman–Crippen MR) is 61.8 cm³/mol. The standard InChI is InChI=1S/C12H14F2N2O2/c1-15-6-2-3-9(10(15)17)11(18)16-7-4-12(13,14)5-8-16/h2-3,6H,4-5,7-8H2,1H3. The van der Waals surface area contributed by atoms with Gasteiger partial charge >= 0.3 is 0 Å². The van der Waals surface area contributed by atoms with E-state index >= 15 is 0 Å². The lowest BCUT2D eigenvalue weighted by Gasteiger charge is -2.31. The Bertz CT molecular complexity index is 515. The van der Waals surface area contributed by atoms with Crippen molar-refractivity contribution in [1.29, 1.82) is 0 Å². The van der Waals surface area contributed by atoms with Crippen molar-refractivity contribution < 1.29 is 13.6 Å². The maximum Gasteiger partial charge on any atom is 0.263 e. The molecule has 0 radical (unpaired) electrons. The molecule has 18 heavy (non-hydrogen) atoms. The van der Waals surface area contributed by atoms with E-state index < -0.39 is 17.4 Å². The van der Waals surface area contributed by atoms with Crippen LogP contribution in [0.15, 0.2) is 23.1 Å². The highest BCUT2D eigenvalue weighted by molar-refractivity contribution is 5.93. The van der Waals surface area contributed by atoms with Crippen molar-refractivity contribution in [2.75, 3.05) is 13.1 Å². The van der Waals surface area contributed by atoms with Gasteiger partial charge in [0.15, 0.2) is 0 Å². The second-order valence-corrected chi connectivity index (χ2v) is 4.49. The molecule has 1 amide bonds. The maximum absolute atomic E-state index is 13.0. The lowest BCUT2D eigenvalue weighted by Crippen LogP contribution is -2.44. The molecule has 0 spiro atoms. The molecule has 0 aliphatic carbocycles. The zero-order valence-corrected chi connectivity index (χ0v) is 10.0. The molecule has 1 aromatic heterocycles. The Hall–Kier alpha value is -1.72. The van der Waals surface area contributed by atoms with Crippen LogP contribution in [-0.2, 0) is 7.05 Å². The molecule has 1 fully saturated rings. The summed E-state index contributed by atoms with van der Waals surface area (Å²) in [6.45, 7) is -0.0201. The van der Waals surface area contributed by atoms with E-state index in [0.717, 1.165) is 0 Å². The quantitative estimate of drug-likeness (QED) is 0.759. The SMILES string of the molecule is Cn1cccc(C(=O)N2CCC(F)(F)CC2)c1=O. The van der Waals surface area contributed by atoms with Gasteiger partial charge in [0.05, 0.1) is 0 Å². The van der Waals surface area contributed by atoms with Crippen molar-refractivity contribution >= 4 is 5.91 Å². The van der Waals surface area contributed by atoms with Gasteiger partial charge in [0.2, 0.25) is 0 Å². The number of likely N-dealkylation sites (tertiary alicyclic amines) is 1. The third kappa shape index (κ3) is 2.42. The van der Waals surface area contributed by atoms with Crippen LogP contribution in [0, 0.1) is 0 Å². The summed E-state index contributed by atoms with van der Waals surface area (Å²) >= 11 is 0. The number of hydrogen-bond acceptors (Lipinski definition) is 2. The van der Waals surface area contributed by atoms with Gasteiger partial charge in [0, 0.05) is 39.2 Å². The minimum Gasteiger partial charge on any atom is -0.338 e. The van der Waals surface area contributed by atoms with Crippen molar-refractivity contribution in [3.8, 4) is 0 Å². The number of alkyl halides is 2. The molecule has 2 heterocycles. The molecule has 0 atom stereocenters. The first-order valence-electron chi connectivity index (χ1n) is 5.73. The van der Waals surface area contributed by atoms with Gasteiger partial charge in [-0.25, -0.2) is 8.78 Å². The third-order valence-corrected chi connectivity index (χ3v) is 3.14. The molecule has 2 rings (SSSR count). The summed E-state index contributed by atoms with van der Waals surface area (Å²) in [5.41, 5.74) is -0.370. The molecule has 0 bridgehead atoms. The largest absolute Gasteiger partial charge is 0.338 e. The third-order valence-electron chi connectivity index (χ3n) is 3.14. The number of hydrogen-bond donors (Lipinski definition) is 0. The van der Waals surface area contributed by atoms with Gasteiger partial charge in [-0.15, -0.1) is 0 Å². The number of piperidine rings is 1. The van der Waals surface area contributed by atoms with Gasteiger partial charge < -0.3 is 9.47 Å². The Balaban J connectivity index is 2.18. The molecule has 0 aromatic carbocycles. The average molecular weight is 256 g/mol. The van der Waals surface area contributed by atoms with E-state index in [0.29, 0.717) is 0 Å². The zero-order chi connectivity index (χ0) is 13.3. The Morgan fingerprint density at radius 3 is 2.56 bits per heavy atom. The summed E-state index contributed by atoms with van der Waals surface area (Å²) in [5.74, 6) is -3.16. The lowest BCUT2D eigenvalue weighted by atomic mass is 10.1. The summed E-state index contributed by atoms with van der Waals surface area (Å²) in [5, 5.41) is 0. The van der Waals surface area contributed by atoms with Crippen LogP contribution in [0.25, 0.3) is 0 Å². The number of amides is 1. The van der Waals surface area contributed by atoms with Crippen LogP contribution in [0.3, 0.4) is 0 Å². The summed E-state index contributed by atoms with van der Waals surface area (Å²) in [6, 6.07) is 3.02. The fourth-order valence-corrected chi connectivity index (χ4v) is 1.97. The lowest BCUT2D eigenvalue weighted by molar-refractivity contribution is -0.0494. The van der Waals surface area contributed by atoms with Gasteiger partial charge in [-0.3, -0.25) is 9.59 Å². The molecule has 1 aromatic rings. The minimum atomic E-state index is -2.70. The van der Waals surface area contributed by atoms with Crippen LogP contribution in [-0.4, -0.2) is 34.4 Å². The van der Waals surface area contributed by atoms with Crippen molar-refractivity contribution in [2.24, 2.45) is 7.05 Å². The highest BCUT2D eigenvalue weighted by Crippen LogP contribution is 2.28. The van der Waals surface area contributed by atoms with Gasteiger partial charge in [0.1, 0.15) is 5.56 Å². The van der Waals surface area contributed by atoms with E-state index in [2.05, 4.69) is 0 Å². The number of halogens is 2. The van der Waals surface area contributed by atoms with Crippen LogP contribution in [0.2, 0.25) is 0 Å². The van der Waals surface area contributed by atoms with Gasteiger partial charge in [-0.1, -0.05) is 0 Å². The average Bonchev–Trinajstić information content (AvgIpc) is 2.32. The minimum absolute atomic E-state index is 0.0100. The van der Waals surface area contributed by atoms with Crippen molar-refractivity contribution in [3.05, 3.63) is 34.2 Å². The highest BCUT2D eigenvalue weighted by Gasteiger charge is 2.36. The van der Waals surface area contributed by atoms with Crippen molar-refractivity contribution in [1.82, 2.24) is 9.47 Å². The number of rotatable bonds is 1. The van der Waals surface area contributed by atoms with Crippen molar-refractivity contribution in [3.63, 3.8) is 0 Å². The fraction of sp³-hybridized carbons (Fsp3) is 0.500. The molecular weight excluding hydrogens is 242 g/mol. The summed E-state index contributed by atoms with van der Waals surface area (Å²) in [4.78, 5) is 25.1. The Labute approximate surface area is 103 Å². The molecule has 0 unspecified atom stereocenters. The second-order valence-electron chi connectivity index (χ2n) is 4.49. The molecule has 1 aliphatic heterocycles. The van der Waals surface area contributed by atoms with E-state index in [1.807, 2.05) is 0 Å². The van der Waals surface area contributed by atoms with Crippen LogP contribution in [0.4, 0.5) is 8.78 Å². The maximum atomic E-state index is 13.0. The topological polar surface area (TPSA) is 42.3 Å². The van der Waals surface area contributed by atoms with Gasteiger partial charge in [0.25, 0.3) is 17.4 Å². The molecule has 6 heteroatoms. The first-order chi connectivity index (χ1) is 8.41. The summed E-state index contributed by atoms with van der Waals surface area (Å²) in [7, 11) is 1.55. The summed E-state index contributed by atoms with van der Waals surface area (Å²) < 4.78 is 27.3. The number of aryl methyl sites for hydroxylation is 1. The number of carbonyl (C=O) groups is 1. The Kier molecular flexibility index (Phi) is 3.19. The summed E-state index contributed by atoms with van der Waals surface area (Å²) in [6.07, 6.45) is 0.862. The van der Waals surface area contributed by atoms with Crippen LogP contribution in [0.1, 0.15) is 23.2 Å². The highest BCUT2D eigenvalue weighted by atomic mass is 19.3. The first kappa shape index (κ1) is 12.7. The van der Waals surface area contributed by atoms with Gasteiger partial charge in [-0.05, 0) is 12.1 Å². The Morgan fingerprint density at radius 1 is 1.33 bits per heavy atom. The van der Waals surface area contributed by atoms with E-state index in [1.54, 1.807) is 19.3 Å². The smallest absolute Gasteiger partial charge is 0.263 e. The molecule has 4 nitrogen and oxygen atoms in total. The Morgan fingerprint density at radius 2 is 1.94 bits per heavy atom. The van der Waals surface area contributed by atoms with E-state index in [9.17, 15) is 18.4 Å². The number of pyridine rings is 1. The van der Waals surface area contributed by atoms with E-state index in [-0.39, 0.29) is 31.5 Å². The normalized spacial score (nSPS) is 18.7. The zero-order valence-electron chi connectivity index (χ0n) is 10.0. The molecule has 0 saturated carbocycles. The first-order valence-corrected chi connectivity index (χ1v) is 5.73. The van der Waals surface area contributed by atoms with E-state index in [1.165, 1.54) is 15.5 Å². The molecular formula is C12H14F2N2O2. The van der Waals surface area contributed by atoms with Crippen molar-refractivity contribution in [2.45, 2.75) is 18.8 Å². The molecule has 1 saturated heterocycles. The molecule has 1 aliphatic rings. The number of aromatic nitrogens is 1. The molecule has 98 valence electrons. The van der Waals surface area contributed by atoms with E-state index in [4.69, 9.17) is 0 Å². The monoisotopic (exact) mass is 256 g/mol. The fourth-order valence-electron chi connectivity index (χ4n) is 1.97. The van der Waals surface area contributed by atoms with Crippen LogP contribution < -0.4 is 5.56 Å². The van der Waals surface area contributed by atoms with Crippen LogP contribution >= 0.6 is 0 Å². The van der Waals surface area contributed by atoms with Crippen LogP contribution in [0.5, 0.6) is 0 Å². The second kappa shape index (κ2) is 4.51. The number of carbonyl (C=O) groups excluding carboxylic acids is 1. The predicted octanol–water partition coefficient (Wildman–Crippen LogP) is 1.26. The number of nitrogens with zero attached hydrogens (tertiary/aromatic N) is 2. The van der Waals surface area contributed by atoms with Gasteiger partial charge in [-0.2, -0.15) is 0 Å².